The van der Waals surface area contributed by atoms with Crippen LogP contribution >= 0.6 is 0 Å². The second-order valence-electron chi connectivity index (χ2n) is 5.10. The molecule has 0 aliphatic carbocycles. The number of benzene rings is 1. The summed E-state index contributed by atoms with van der Waals surface area (Å²) >= 11 is 0. The molecule has 0 saturated heterocycles. The first-order chi connectivity index (χ1) is 8.33. The third-order valence-electron chi connectivity index (χ3n) is 2.84. The molecule has 0 saturated carbocycles. The van der Waals surface area contributed by atoms with Crippen LogP contribution in [0.5, 0.6) is 0 Å². The van der Waals surface area contributed by atoms with Gasteiger partial charge in [0.1, 0.15) is 11.2 Å². The van der Waals surface area contributed by atoms with Gasteiger partial charge in [-0.1, -0.05) is 18.2 Å². The molecule has 0 heterocycles. The molecule has 0 spiro atoms. The Morgan fingerprint density at radius 1 is 0.778 bits per heavy atom. The van der Waals surface area contributed by atoms with E-state index in [1.807, 2.05) is 52.0 Å². The van der Waals surface area contributed by atoms with E-state index in [0.29, 0.717) is 0 Å². The summed E-state index contributed by atoms with van der Waals surface area (Å²) in [5.74, 6) is 0. The van der Waals surface area contributed by atoms with Crippen LogP contribution in [0.25, 0.3) is 0 Å². The quantitative estimate of drug-likeness (QED) is 0.576. The highest BCUT2D eigenvalue weighted by Crippen LogP contribution is 2.30. The zero-order chi connectivity index (χ0) is 13.8. The minimum Gasteiger partial charge on any atom is -0.239 e. The topological polar surface area (TPSA) is 36.9 Å². The van der Waals surface area contributed by atoms with E-state index in [2.05, 4.69) is 0 Å². The predicted molar refractivity (Wildman–Crippen MR) is 68.7 cm³/mol. The van der Waals surface area contributed by atoms with Crippen molar-refractivity contribution in [2.45, 2.75) is 38.9 Å². The van der Waals surface area contributed by atoms with Crippen molar-refractivity contribution in [3.05, 3.63) is 35.4 Å². The summed E-state index contributed by atoms with van der Waals surface area (Å²) in [5.41, 5.74) is 0.978. The summed E-state index contributed by atoms with van der Waals surface area (Å²) in [4.78, 5) is 20.1. The van der Waals surface area contributed by atoms with Gasteiger partial charge in [-0.15, -0.1) is 0 Å². The second kappa shape index (κ2) is 5.80. The lowest BCUT2D eigenvalue weighted by molar-refractivity contribution is -0.342. The molecule has 0 aliphatic rings. The van der Waals surface area contributed by atoms with E-state index < -0.39 is 11.2 Å². The van der Waals surface area contributed by atoms with Crippen LogP contribution in [0.2, 0.25) is 0 Å². The predicted octanol–water partition coefficient (Wildman–Crippen LogP) is 3.31. The van der Waals surface area contributed by atoms with E-state index in [1.165, 1.54) is 14.2 Å². The van der Waals surface area contributed by atoms with Gasteiger partial charge in [0.25, 0.3) is 0 Å². The Morgan fingerprint density at radius 3 is 1.50 bits per heavy atom. The van der Waals surface area contributed by atoms with Gasteiger partial charge in [0.2, 0.25) is 0 Å². The molecule has 0 atom stereocenters. The van der Waals surface area contributed by atoms with E-state index in [4.69, 9.17) is 19.6 Å². The maximum Gasteiger partial charge on any atom is 0.123 e. The van der Waals surface area contributed by atoms with Crippen LogP contribution in [0.1, 0.15) is 38.8 Å². The summed E-state index contributed by atoms with van der Waals surface area (Å²) < 4.78 is 0. The van der Waals surface area contributed by atoms with Crippen molar-refractivity contribution in [1.82, 2.24) is 0 Å². The molecule has 0 amide bonds. The molecule has 1 aromatic carbocycles. The first kappa shape index (κ1) is 15.1. The summed E-state index contributed by atoms with van der Waals surface area (Å²) in [5, 5.41) is 0. The van der Waals surface area contributed by atoms with E-state index >= 15 is 0 Å². The zero-order valence-corrected chi connectivity index (χ0v) is 11.9. The van der Waals surface area contributed by atoms with Gasteiger partial charge in [-0.25, -0.2) is 19.6 Å². The van der Waals surface area contributed by atoms with Crippen LogP contribution in [0.4, 0.5) is 0 Å². The Hall–Kier alpha value is -0.940. The second-order valence-corrected chi connectivity index (χ2v) is 5.10. The lowest BCUT2D eigenvalue weighted by atomic mass is 9.91. The van der Waals surface area contributed by atoms with Crippen LogP contribution in [0.3, 0.4) is 0 Å². The maximum atomic E-state index is 5.27. The Bertz CT molecular complexity index is 352. The molecule has 1 rings (SSSR count). The fourth-order valence-electron chi connectivity index (χ4n) is 1.78. The van der Waals surface area contributed by atoms with Gasteiger partial charge < -0.3 is 0 Å². The third-order valence-corrected chi connectivity index (χ3v) is 2.84. The first-order valence-corrected chi connectivity index (χ1v) is 5.88. The average Bonchev–Trinajstić information content (AvgIpc) is 2.29. The van der Waals surface area contributed by atoms with Gasteiger partial charge >= 0.3 is 0 Å². The monoisotopic (exact) mass is 254 g/mol. The molecule has 0 radical (unpaired) electrons. The Morgan fingerprint density at radius 2 is 1.17 bits per heavy atom. The van der Waals surface area contributed by atoms with Crippen LogP contribution in [-0.2, 0) is 30.8 Å². The Balaban J connectivity index is 3.06. The zero-order valence-electron chi connectivity index (χ0n) is 11.9. The highest BCUT2D eigenvalue weighted by atomic mass is 17.2. The van der Waals surface area contributed by atoms with Crippen molar-refractivity contribution in [2.24, 2.45) is 0 Å². The van der Waals surface area contributed by atoms with Crippen LogP contribution in [-0.4, -0.2) is 14.2 Å². The fraction of sp³-hybridized carbons (Fsp3) is 0.571. The first-order valence-electron chi connectivity index (χ1n) is 5.88. The molecule has 1 aromatic rings. The molecule has 102 valence electrons. The van der Waals surface area contributed by atoms with Gasteiger partial charge in [0.05, 0.1) is 14.2 Å². The summed E-state index contributed by atoms with van der Waals surface area (Å²) in [6.45, 7) is 7.78. The summed E-state index contributed by atoms with van der Waals surface area (Å²) in [7, 11) is 3.01. The lowest BCUT2D eigenvalue weighted by Gasteiger charge is -2.27. The number of rotatable bonds is 6. The van der Waals surface area contributed by atoms with E-state index in [9.17, 15) is 0 Å². The molecule has 4 nitrogen and oxygen atoms in total. The third kappa shape index (κ3) is 3.53. The van der Waals surface area contributed by atoms with E-state index in [-0.39, 0.29) is 0 Å². The van der Waals surface area contributed by atoms with E-state index in [0.717, 1.165) is 11.1 Å². The molecule has 0 aromatic heterocycles. The van der Waals surface area contributed by atoms with Crippen molar-refractivity contribution >= 4 is 0 Å². The summed E-state index contributed by atoms with van der Waals surface area (Å²) in [6.07, 6.45) is 0. The van der Waals surface area contributed by atoms with E-state index in [1.54, 1.807) is 0 Å². The minimum atomic E-state index is -0.520. The Labute approximate surface area is 109 Å². The standard InChI is InChI=1S/C14H22O4/c1-13(2,17-15-5)11-8-7-9-12(10-11)14(3,4)18-16-6/h7-10H,1-6H3. The van der Waals surface area contributed by atoms with Crippen LogP contribution in [0, 0.1) is 0 Å². The molecule has 0 unspecified atom stereocenters. The van der Waals surface area contributed by atoms with Crippen molar-refractivity contribution in [3.63, 3.8) is 0 Å². The summed E-state index contributed by atoms with van der Waals surface area (Å²) in [6, 6.07) is 7.97. The molecule has 0 aliphatic heterocycles. The van der Waals surface area contributed by atoms with Gasteiger partial charge in [-0.2, -0.15) is 0 Å². The number of hydrogen-bond donors (Lipinski definition) is 0. The van der Waals surface area contributed by atoms with Crippen molar-refractivity contribution in [3.8, 4) is 0 Å². The van der Waals surface area contributed by atoms with Crippen molar-refractivity contribution < 1.29 is 19.6 Å². The van der Waals surface area contributed by atoms with Crippen molar-refractivity contribution in [2.75, 3.05) is 14.2 Å². The van der Waals surface area contributed by atoms with Crippen LogP contribution in [0.15, 0.2) is 24.3 Å². The number of hydrogen-bond acceptors (Lipinski definition) is 4. The molecule has 0 fully saturated rings. The van der Waals surface area contributed by atoms with Gasteiger partial charge in [-0.3, -0.25) is 0 Å². The minimum absolute atomic E-state index is 0.520. The normalized spacial score (nSPS) is 12.8. The average molecular weight is 254 g/mol. The van der Waals surface area contributed by atoms with Gasteiger partial charge in [0.15, 0.2) is 0 Å². The molecule has 0 bridgehead atoms. The Kier molecular flexibility index (Phi) is 4.87. The van der Waals surface area contributed by atoms with Gasteiger partial charge in [0, 0.05) is 0 Å². The fourth-order valence-corrected chi connectivity index (χ4v) is 1.78. The highest BCUT2D eigenvalue weighted by molar-refractivity contribution is 5.30. The molecule has 4 heteroatoms. The lowest BCUT2D eigenvalue weighted by Crippen LogP contribution is -2.24. The SMILES string of the molecule is COOC(C)(C)c1cccc(C(C)(C)OOC)c1. The molecule has 0 N–H and O–H groups in total. The van der Waals surface area contributed by atoms with Crippen molar-refractivity contribution in [1.29, 1.82) is 0 Å². The molecular formula is C14H22O4. The largest absolute Gasteiger partial charge is 0.239 e. The highest BCUT2D eigenvalue weighted by Gasteiger charge is 2.27. The van der Waals surface area contributed by atoms with Gasteiger partial charge in [-0.05, 0) is 44.9 Å². The maximum absolute atomic E-state index is 5.27. The van der Waals surface area contributed by atoms with Crippen LogP contribution < -0.4 is 0 Å². The smallest absolute Gasteiger partial charge is 0.123 e. The molecular weight excluding hydrogens is 232 g/mol. The molecule has 18 heavy (non-hydrogen) atoms.